The molecule has 0 amide bonds. The van der Waals surface area contributed by atoms with Crippen LogP contribution < -0.4 is 15.8 Å². The maximum absolute atomic E-state index is 11.5. The fourth-order valence-corrected chi connectivity index (χ4v) is 2.68. The number of ether oxygens (including phenoxy) is 1. The van der Waals surface area contributed by atoms with Gasteiger partial charge < -0.3 is 15.8 Å². The van der Waals surface area contributed by atoms with Crippen LogP contribution in [0.2, 0.25) is 0 Å². The molecular weight excluding hydrogens is 262 g/mol. The molecule has 0 saturated carbocycles. The van der Waals surface area contributed by atoms with E-state index in [9.17, 15) is 4.79 Å². The number of hydrogen-bond acceptors (Lipinski definition) is 6. The molecule has 2 rings (SSSR count). The van der Waals surface area contributed by atoms with Crippen molar-refractivity contribution >= 4 is 27.8 Å². The van der Waals surface area contributed by atoms with E-state index in [0.717, 1.165) is 10.6 Å². The summed E-state index contributed by atoms with van der Waals surface area (Å²) < 4.78 is 5.25. The van der Waals surface area contributed by atoms with Gasteiger partial charge >= 0.3 is 0 Å². The van der Waals surface area contributed by atoms with Crippen LogP contribution in [-0.4, -0.2) is 17.9 Å². The predicted octanol–water partition coefficient (Wildman–Crippen LogP) is 2.55. The number of anilines is 2. The molecular formula is C13H15N3O2S. The van der Waals surface area contributed by atoms with Crippen molar-refractivity contribution in [1.29, 1.82) is 0 Å². The number of aromatic nitrogens is 1. The number of thiophene rings is 1. The molecule has 0 radical (unpaired) electrons. The normalized spacial score (nSPS) is 10.2. The van der Waals surface area contributed by atoms with Gasteiger partial charge in [0.05, 0.1) is 17.7 Å². The van der Waals surface area contributed by atoms with Crippen LogP contribution in [0.1, 0.15) is 22.2 Å². The van der Waals surface area contributed by atoms with Crippen LogP contribution in [0.25, 0.3) is 0 Å². The smallest absolute Gasteiger partial charge is 0.176 e. The molecule has 0 unspecified atom stereocenters. The van der Waals surface area contributed by atoms with Gasteiger partial charge in [-0.2, -0.15) is 0 Å². The number of pyridine rings is 1. The van der Waals surface area contributed by atoms with E-state index in [-0.39, 0.29) is 5.78 Å². The number of carbonyl (C=O) groups is 1. The number of nitrogens with zero attached hydrogens (tertiary/aromatic N) is 1. The monoisotopic (exact) mass is 277 g/mol. The standard InChI is InChI=1S/C13H15N3O2S/c1-8(17)12-10(14)11(18-2)13(19-12)16-7-9-4-3-5-15-6-9/h3-6,16H,7,14H2,1-2H3. The summed E-state index contributed by atoms with van der Waals surface area (Å²) in [5, 5.41) is 3.98. The van der Waals surface area contributed by atoms with E-state index < -0.39 is 0 Å². The molecule has 0 aliphatic rings. The summed E-state index contributed by atoms with van der Waals surface area (Å²) in [6.07, 6.45) is 3.50. The summed E-state index contributed by atoms with van der Waals surface area (Å²) in [5.41, 5.74) is 7.34. The van der Waals surface area contributed by atoms with Crippen molar-refractivity contribution in [2.24, 2.45) is 0 Å². The fraction of sp³-hybridized carbons (Fsp3) is 0.231. The number of ketones is 1. The molecule has 0 aliphatic heterocycles. The number of nitrogen functional groups attached to an aromatic ring is 1. The summed E-state index contributed by atoms with van der Waals surface area (Å²) in [5.74, 6) is 0.467. The van der Waals surface area contributed by atoms with Crippen molar-refractivity contribution in [2.75, 3.05) is 18.2 Å². The number of nitrogens with one attached hydrogen (secondary N) is 1. The second kappa shape index (κ2) is 5.71. The highest BCUT2D eigenvalue weighted by Gasteiger charge is 2.19. The Morgan fingerprint density at radius 1 is 1.58 bits per heavy atom. The molecule has 0 bridgehead atoms. The molecule has 2 aromatic rings. The van der Waals surface area contributed by atoms with Gasteiger partial charge in [0, 0.05) is 25.9 Å². The van der Waals surface area contributed by atoms with E-state index >= 15 is 0 Å². The Bertz CT molecular complexity index is 581. The van der Waals surface area contributed by atoms with Gasteiger partial charge in [-0.05, 0) is 11.6 Å². The average molecular weight is 277 g/mol. The molecule has 19 heavy (non-hydrogen) atoms. The minimum absolute atomic E-state index is 0.0600. The summed E-state index contributed by atoms with van der Waals surface area (Å²) in [6.45, 7) is 2.09. The highest BCUT2D eigenvalue weighted by Crippen LogP contribution is 2.42. The number of methoxy groups -OCH3 is 1. The van der Waals surface area contributed by atoms with Gasteiger partial charge in [-0.25, -0.2) is 0 Å². The molecule has 5 nitrogen and oxygen atoms in total. The van der Waals surface area contributed by atoms with Crippen LogP contribution >= 0.6 is 11.3 Å². The zero-order valence-electron chi connectivity index (χ0n) is 10.8. The lowest BCUT2D eigenvalue weighted by atomic mass is 10.3. The summed E-state index contributed by atoms with van der Waals surface area (Å²) in [6, 6.07) is 3.84. The third-order valence-corrected chi connectivity index (χ3v) is 3.84. The second-order valence-electron chi connectivity index (χ2n) is 3.98. The van der Waals surface area contributed by atoms with E-state index in [4.69, 9.17) is 10.5 Å². The van der Waals surface area contributed by atoms with Crippen molar-refractivity contribution in [3.05, 3.63) is 35.0 Å². The SMILES string of the molecule is COc1c(NCc2cccnc2)sc(C(C)=O)c1N. The quantitative estimate of drug-likeness (QED) is 0.821. The van der Waals surface area contributed by atoms with Crippen LogP contribution in [0.3, 0.4) is 0 Å². The summed E-state index contributed by atoms with van der Waals surface area (Å²) in [7, 11) is 1.54. The van der Waals surface area contributed by atoms with Crippen molar-refractivity contribution in [1.82, 2.24) is 4.98 Å². The van der Waals surface area contributed by atoms with Crippen molar-refractivity contribution in [3.63, 3.8) is 0 Å². The van der Waals surface area contributed by atoms with Crippen LogP contribution in [0.15, 0.2) is 24.5 Å². The predicted molar refractivity (Wildman–Crippen MR) is 76.9 cm³/mol. The molecule has 100 valence electrons. The zero-order chi connectivity index (χ0) is 13.8. The summed E-state index contributed by atoms with van der Waals surface area (Å²) in [4.78, 5) is 16.0. The van der Waals surface area contributed by atoms with Gasteiger partial charge in [0.2, 0.25) is 0 Å². The topological polar surface area (TPSA) is 77.2 Å². The molecule has 0 aliphatic carbocycles. The lowest BCUT2D eigenvalue weighted by Crippen LogP contribution is -2.00. The Morgan fingerprint density at radius 3 is 2.95 bits per heavy atom. The molecule has 2 aromatic heterocycles. The van der Waals surface area contributed by atoms with Crippen LogP contribution in [0, 0.1) is 0 Å². The highest BCUT2D eigenvalue weighted by atomic mass is 32.1. The first-order chi connectivity index (χ1) is 9.13. The number of nitrogens with two attached hydrogens (primary N) is 1. The number of Topliss-reactive ketones (excluding diaryl/α,β-unsaturated/α-hetero) is 1. The van der Waals surface area contributed by atoms with Gasteiger partial charge in [0.25, 0.3) is 0 Å². The first-order valence-corrected chi connectivity index (χ1v) is 6.55. The van der Waals surface area contributed by atoms with Crippen LogP contribution in [0.5, 0.6) is 5.75 Å². The summed E-state index contributed by atoms with van der Waals surface area (Å²) >= 11 is 1.31. The molecule has 0 spiro atoms. The van der Waals surface area contributed by atoms with Gasteiger partial charge in [-0.15, -0.1) is 11.3 Å². The van der Waals surface area contributed by atoms with Crippen molar-refractivity contribution in [2.45, 2.75) is 13.5 Å². The second-order valence-corrected chi connectivity index (χ2v) is 5.00. The maximum atomic E-state index is 11.5. The minimum atomic E-state index is -0.0600. The first-order valence-electron chi connectivity index (χ1n) is 5.73. The van der Waals surface area contributed by atoms with Gasteiger partial charge in [-0.1, -0.05) is 6.07 Å². The fourth-order valence-electron chi connectivity index (χ4n) is 1.69. The lowest BCUT2D eigenvalue weighted by molar-refractivity contribution is 0.102. The Balaban J connectivity index is 2.20. The van der Waals surface area contributed by atoms with Gasteiger partial charge in [-0.3, -0.25) is 9.78 Å². The maximum Gasteiger partial charge on any atom is 0.176 e. The molecule has 0 aromatic carbocycles. The Kier molecular flexibility index (Phi) is 4.01. The van der Waals surface area contributed by atoms with E-state index in [1.807, 2.05) is 12.1 Å². The molecule has 0 atom stereocenters. The molecule has 0 saturated heterocycles. The van der Waals surface area contributed by atoms with E-state index in [2.05, 4.69) is 10.3 Å². The Labute approximate surface area is 115 Å². The zero-order valence-corrected chi connectivity index (χ0v) is 11.6. The Hall–Kier alpha value is -2.08. The molecule has 2 heterocycles. The number of hydrogen-bond donors (Lipinski definition) is 2. The highest BCUT2D eigenvalue weighted by molar-refractivity contribution is 7.19. The molecule has 6 heteroatoms. The largest absolute Gasteiger partial charge is 0.492 e. The number of rotatable bonds is 5. The van der Waals surface area contributed by atoms with Gasteiger partial charge in [0.1, 0.15) is 5.00 Å². The van der Waals surface area contributed by atoms with Crippen LogP contribution in [0.4, 0.5) is 10.7 Å². The Morgan fingerprint density at radius 2 is 2.37 bits per heavy atom. The van der Waals surface area contributed by atoms with Gasteiger partial charge in [0.15, 0.2) is 11.5 Å². The minimum Gasteiger partial charge on any atom is -0.492 e. The van der Waals surface area contributed by atoms with E-state index in [0.29, 0.717) is 22.9 Å². The third-order valence-electron chi connectivity index (χ3n) is 2.60. The molecule has 0 fully saturated rings. The lowest BCUT2D eigenvalue weighted by Gasteiger charge is -2.06. The van der Waals surface area contributed by atoms with E-state index in [1.165, 1.54) is 25.4 Å². The first kappa shape index (κ1) is 13.4. The van der Waals surface area contributed by atoms with Crippen LogP contribution in [-0.2, 0) is 6.54 Å². The van der Waals surface area contributed by atoms with E-state index in [1.54, 1.807) is 12.4 Å². The van der Waals surface area contributed by atoms with Crippen molar-refractivity contribution < 1.29 is 9.53 Å². The van der Waals surface area contributed by atoms with Crippen molar-refractivity contribution in [3.8, 4) is 5.75 Å². The number of carbonyl (C=O) groups excluding carboxylic acids is 1. The molecule has 3 N–H and O–H groups in total. The third kappa shape index (κ3) is 2.85. The average Bonchev–Trinajstić information content (AvgIpc) is 2.74.